The van der Waals surface area contributed by atoms with E-state index in [1.165, 1.54) is 6.20 Å². The second-order valence-corrected chi connectivity index (χ2v) is 4.58. The van der Waals surface area contributed by atoms with E-state index in [0.717, 1.165) is 16.4 Å². The molecule has 2 aromatic rings. The van der Waals surface area contributed by atoms with Crippen molar-refractivity contribution in [2.24, 2.45) is 0 Å². The van der Waals surface area contributed by atoms with Crippen molar-refractivity contribution in [2.75, 3.05) is 17.7 Å². The van der Waals surface area contributed by atoms with Gasteiger partial charge in [0.2, 0.25) is 0 Å². The lowest BCUT2D eigenvalue weighted by molar-refractivity contribution is 0.727. The van der Waals surface area contributed by atoms with Gasteiger partial charge in [-0.3, -0.25) is 4.98 Å². The zero-order valence-corrected chi connectivity index (χ0v) is 11.1. The van der Waals surface area contributed by atoms with Gasteiger partial charge in [0, 0.05) is 12.1 Å². The van der Waals surface area contributed by atoms with Gasteiger partial charge in [0.15, 0.2) is 0 Å². The third-order valence-electron chi connectivity index (χ3n) is 2.91. The SMILES string of the molecule is CC(c1cccc(Cl)c1)N(C)c1cncc(N)n1. The van der Waals surface area contributed by atoms with E-state index >= 15 is 0 Å². The second-order valence-electron chi connectivity index (χ2n) is 4.14. The quantitative estimate of drug-likeness (QED) is 0.924. The van der Waals surface area contributed by atoms with Crippen LogP contribution in [-0.2, 0) is 0 Å². The number of nitrogens with zero attached hydrogens (tertiary/aromatic N) is 3. The summed E-state index contributed by atoms with van der Waals surface area (Å²) in [6.45, 7) is 2.08. The Morgan fingerprint density at radius 3 is 2.78 bits per heavy atom. The zero-order valence-electron chi connectivity index (χ0n) is 10.3. The van der Waals surface area contributed by atoms with Gasteiger partial charge in [-0.15, -0.1) is 0 Å². The van der Waals surface area contributed by atoms with Crippen LogP contribution in [0.15, 0.2) is 36.7 Å². The number of benzene rings is 1. The van der Waals surface area contributed by atoms with Crippen LogP contribution in [0.1, 0.15) is 18.5 Å². The van der Waals surface area contributed by atoms with Gasteiger partial charge in [-0.1, -0.05) is 23.7 Å². The fraction of sp³-hybridized carbons (Fsp3) is 0.231. The van der Waals surface area contributed by atoms with Crippen LogP contribution >= 0.6 is 11.6 Å². The molecule has 0 fully saturated rings. The van der Waals surface area contributed by atoms with Crippen molar-refractivity contribution in [2.45, 2.75) is 13.0 Å². The molecule has 0 amide bonds. The molecule has 1 atom stereocenters. The van der Waals surface area contributed by atoms with Crippen LogP contribution in [0, 0.1) is 0 Å². The average Bonchev–Trinajstić information content (AvgIpc) is 2.37. The minimum Gasteiger partial charge on any atom is -0.382 e. The fourth-order valence-electron chi connectivity index (χ4n) is 1.73. The lowest BCUT2D eigenvalue weighted by Gasteiger charge is -2.26. The number of nitrogens with two attached hydrogens (primary N) is 1. The van der Waals surface area contributed by atoms with Crippen molar-refractivity contribution in [1.82, 2.24) is 9.97 Å². The van der Waals surface area contributed by atoms with Crippen molar-refractivity contribution in [3.05, 3.63) is 47.2 Å². The third kappa shape index (κ3) is 2.71. The van der Waals surface area contributed by atoms with Crippen LogP contribution in [-0.4, -0.2) is 17.0 Å². The van der Waals surface area contributed by atoms with Gasteiger partial charge in [0.25, 0.3) is 0 Å². The third-order valence-corrected chi connectivity index (χ3v) is 3.15. The highest BCUT2D eigenvalue weighted by Gasteiger charge is 2.14. The van der Waals surface area contributed by atoms with Crippen LogP contribution in [0.3, 0.4) is 0 Å². The Kier molecular flexibility index (Phi) is 3.67. The maximum absolute atomic E-state index is 6.00. The Bertz CT molecular complexity index is 495. The molecule has 1 aromatic carbocycles. The first kappa shape index (κ1) is 12.6. The molecular weight excluding hydrogens is 248 g/mol. The van der Waals surface area contributed by atoms with E-state index in [9.17, 15) is 0 Å². The number of hydrogen-bond donors (Lipinski definition) is 1. The van der Waals surface area contributed by atoms with E-state index in [2.05, 4.69) is 16.9 Å². The lowest BCUT2D eigenvalue weighted by Crippen LogP contribution is -2.23. The Morgan fingerprint density at radius 1 is 1.33 bits per heavy atom. The maximum Gasteiger partial charge on any atom is 0.149 e. The molecule has 1 aromatic heterocycles. The predicted octanol–water partition coefficient (Wildman–Crippen LogP) is 2.91. The number of nitrogen functional groups attached to an aromatic ring is 1. The van der Waals surface area contributed by atoms with Gasteiger partial charge in [-0.05, 0) is 24.6 Å². The van der Waals surface area contributed by atoms with E-state index in [0.29, 0.717) is 5.82 Å². The van der Waals surface area contributed by atoms with Crippen molar-refractivity contribution in [1.29, 1.82) is 0 Å². The first-order valence-electron chi connectivity index (χ1n) is 5.64. The monoisotopic (exact) mass is 262 g/mol. The molecule has 0 spiro atoms. The first-order valence-corrected chi connectivity index (χ1v) is 6.01. The van der Waals surface area contributed by atoms with Crippen molar-refractivity contribution in [3.63, 3.8) is 0 Å². The number of hydrogen-bond acceptors (Lipinski definition) is 4. The summed E-state index contributed by atoms with van der Waals surface area (Å²) >= 11 is 6.00. The molecule has 4 nitrogen and oxygen atoms in total. The summed E-state index contributed by atoms with van der Waals surface area (Å²) < 4.78 is 0. The van der Waals surface area contributed by atoms with E-state index < -0.39 is 0 Å². The second kappa shape index (κ2) is 5.23. The minimum absolute atomic E-state index is 0.139. The molecule has 0 aliphatic rings. The van der Waals surface area contributed by atoms with E-state index in [1.807, 2.05) is 36.2 Å². The van der Waals surface area contributed by atoms with Gasteiger partial charge >= 0.3 is 0 Å². The molecule has 1 heterocycles. The smallest absolute Gasteiger partial charge is 0.149 e. The topological polar surface area (TPSA) is 55.0 Å². The molecule has 5 heteroatoms. The van der Waals surface area contributed by atoms with E-state index in [1.54, 1.807) is 6.20 Å². The zero-order chi connectivity index (χ0) is 13.1. The molecule has 0 bridgehead atoms. The fourth-order valence-corrected chi connectivity index (χ4v) is 1.93. The molecule has 0 radical (unpaired) electrons. The molecular formula is C13H15ClN4. The molecule has 0 aliphatic heterocycles. The summed E-state index contributed by atoms with van der Waals surface area (Å²) in [5.74, 6) is 1.15. The Morgan fingerprint density at radius 2 is 2.11 bits per heavy atom. The van der Waals surface area contributed by atoms with Gasteiger partial charge < -0.3 is 10.6 Å². The van der Waals surface area contributed by atoms with E-state index in [-0.39, 0.29) is 6.04 Å². The maximum atomic E-state index is 6.00. The number of rotatable bonds is 3. The Balaban J connectivity index is 2.26. The molecule has 0 saturated carbocycles. The number of aromatic nitrogens is 2. The summed E-state index contributed by atoms with van der Waals surface area (Å²) in [5.41, 5.74) is 6.76. The highest BCUT2D eigenvalue weighted by Crippen LogP contribution is 2.25. The van der Waals surface area contributed by atoms with Crippen LogP contribution in [0.5, 0.6) is 0 Å². The van der Waals surface area contributed by atoms with Gasteiger partial charge in [0.1, 0.15) is 11.6 Å². The molecule has 1 unspecified atom stereocenters. The Labute approximate surface area is 111 Å². The van der Waals surface area contributed by atoms with Crippen molar-refractivity contribution >= 4 is 23.2 Å². The van der Waals surface area contributed by atoms with Crippen LogP contribution < -0.4 is 10.6 Å². The van der Waals surface area contributed by atoms with Gasteiger partial charge in [0.05, 0.1) is 18.4 Å². The van der Waals surface area contributed by atoms with Crippen molar-refractivity contribution in [3.8, 4) is 0 Å². The Hall–Kier alpha value is -1.81. The molecule has 2 rings (SSSR count). The predicted molar refractivity (Wildman–Crippen MR) is 74.7 cm³/mol. The molecule has 94 valence electrons. The molecule has 2 N–H and O–H groups in total. The number of anilines is 2. The number of halogens is 1. The van der Waals surface area contributed by atoms with Crippen LogP contribution in [0.4, 0.5) is 11.6 Å². The average molecular weight is 263 g/mol. The van der Waals surface area contributed by atoms with E-state index in [4.69, 9.17) is 17.3 Å². The summed E-state index contributed by atoms with van der Waals surface area (Å²) in [5, 5.41) is 0.728. The first-order chi connectivity index (χ1) is 8.58. The summed E-state index contributed by atoms with van der Waals surface area (Å²) in [4.78, 5) is 10.3. The van der Waals surface area contributed by atoms with Crippen LogP contribution in [0.25, 0.3) is 0 Å². The lowest BCUT2D eigenvalue weighted by atomic mass is 10.1. The molecule has 0 aliphatic carbocycles. The van der Waals surface area contributed by atoms with Gasteiger partial charge in [-0.2, -0.15) is 0 Å². The standard InChI is InChI=1S/C13H15ClN4/c1-9(10-4-3-5-11(14)6-10)18(2)13-8-16-7-12(15)17-13/h3-9H,1-2H3,(H2,15,17). The minimum atomic E-state index is 0.139. The van der Waals surface area contributed by atoms with Gasteiger partial charge in [-0.25, -0.2) is 4.98 Å². The molecule has 0 saturated heterocycles. The summed E-state index contributed by atoms with van der Waals surface area (Å²) in [6.07, 6.45) is 3.22. The normalized spacial score (nSPS) is 12.2. The summed E-state index contributed by atoms with van der Waals surface area (Å²) in [6, 6.07) is 7.92. The largest absolute Gasteiger partial charge is 0.382 e. The van der Waals surface area contributed by atoms with Crippen LogP contribution in [0.2, 0.25) is 5.02 Å². The summed E-state index contributed by atoms with van der Waals surface area (Å²) in [7, 11) is 1.95. The van der Waals surface area contributed by atoms with Crippen molar-refractivity contribution < 1.29 is 0 Å². The molecule has 18 heavy (non-hydrogen) atoms. The highest BCUT2D eigenvalue weighted by molar-refractivity contribution is 6.30. The highest BCUT2D eigenvalue weighted by atomic mass is 35.5.